The molecule has 0 bridgehead atoms. The maximum absolute atomic E-state index is 4.38. The van der Waals surface area contributed by atoms with E-state index in [9.17, 15) is 0 Å². The van der Waals surface area contributed by atoms with E-state index in [1.54, 1.807) is 0 Å². The summed E-state index contributed by atoms with van der Waals surface area (Å²) in [6.07, 6.45) is 0.966. The Hall–Kier alpha value is -1.12. The summed E-state index contributed by atoms with van der Waals surface area (Å²) in [5, 5.41) is 3.24. The fraction of sp³-hybridized carbons (Fsp3) is 0.600. The van der Waals surface area contributed by atoms with Gasteiger partial charge < -0.3 is 5.32 Å². The third-order valence-corrected chi connectivity index (χ3v) is 2.04. The van der Waals surface area contributed by atoms with E-state index in [1.165, 1.54) is 5.56 Å². The fourth-order valence-electron chi connectivity index (χ4n) is 1.37. The molecule has 0 aromatic carbocycles. The molecule has 1 aromatic rings. The minimum atomic E-state index is 0.846. The van der Waals surface area contributed by atoms with Gasteiger partial charge in [-0.25, -0.2) is 9.97 Å². The Morgan fingerprint density at radius 3 is 2.38 bits per heavy atom. The Morgan fingerprint density at radius 2 is 1.85 bits per heavy atom. The van der Waals surface area contributed by atoms with Gasteiger partial charge in [-0.3, -0.25) is 0 Å². The van der Waals surface area contributed by atoms with Crippen molar-refractivity contribution in [3.8, 4) is 0 Å². The summed E-state index contributed by atoms with van der Waals surface area (Å²) in [6.45, 7) is 9.09. The van der Waals surface area contributed by atoms with Crippen LogP contribution in [0.5, 0.6) is 0 Å². The quantitative estimate of drug-likeness (QED) is 0.772. The lowest BCUT2D eigenvalue weighted by atomic mass is 10.2. The summed E-state index contributed by atoms with van der Waals surface area (Å²) < 4.78 is 0. The normalized spacial score (nSPS) is 10.2. The van der Waals surface area contributed by atoms with Crippen molar-refractivity contribution in [3.05, 3.63) is 17.1 Å². The van der Waals surface area contributed by atoms with Crippen molar-refractivity contribution in [1.82, 2.24) is 9.97 Å². The SMILES string of the molecule is CCNc1nc(C)nc(CC)c1C. The topological polar surface area (TPSA) is 37.8 Å². The Kier molecular flexibility index (Phi) is 3.23. The monoisotopic (exact) mass is 179 g/mol. The molecule has 72 valence electrons. The highest BCUT2D eigenvalue weighted by molar-refractivity contribution is 5.45. The van der Waals surface area contributed by atoms with Crippen molar-refractivity contribution in [2.24, 2.45) is 0 Å². The van der Waals surface area contributed by atoms with Crippen molar-refractivity contribution in [2.75, 3.05) is 11.9 Å². The molecule has 0 aliphatic carbocycles. The molecule has 0 atom stereocenters. The van der Waals surface area contributed by atoms with Gasteiger partial charge in [-0.2, -0.15) is 0 Å². The molecule has 0 radical (unpaired) electrons. The number of nitrogens with one attached hydrogen (secondary N) is 1. The van der Waals surface area contributed by atoms with Crippen LogP contribution in [0.4, 0.5) is 5.82 Å². The molecule has 3 heteroatoms. The van der Waals surface area contributed by atoms with Crippen LogP contribution >= 0.6 is 0 Å². The van der Waals surface area contributed by atoms with Crippen LogP contribution in [0.1, 0.15) is 30.9 Å². The number of hydrogen-bond donors (Lipinski definition) is 1. The molecule has 0 saturated carbocycles. The van der Waals surface area contributed by atoms with Gasteiger partial charge in [0.2, 0.25) is 0 Å². The van der Waals surface area contributed by atoms with E-state index < -0.39 is 0 Å². The molecule has 0 aliphatic heterocycles. The Morgan fingerprint density at radius 1 is 1.15 bits per heavy atom. The largest absolute Gasteiger partial charge is 0.370 e. The predicted molar refractivity (Wildman–Crippen MR) is 55.0 cm³/mol. The summed E-state index contributed by atoms with van der Waals surface area (Å²) in [5.74, 6) is 1.82. The van der Waals surface area contributed by atoms with Gasteiger partial charge in [0.25, 0.3) is 0 Å². The van der Waals surface area contributed by atoms with Gasteiger partial charge in [-0.15, -0.1) is 0 Å². The lowest BCUT2D eigenvalue weighted by Crippen LogP contribution is -2.07. The maximum atomic E-state index is 4.38. The Bertz CT molecular complexity index is 294. The molecular weight excluding hydrogens is 162 g/mol. The molecule has 0 fully saturated rings. The lowest BCUT2D eigenvalue weighted by Gasteiger charge is -2.10. The molecule has 0 spiro atoms. The zero-order chi connectivity index (χ0) is 9.84. The van der Waals surface area contributed by atoms with Gasteiger partial charge in [0, 0.05) is 17.8 Å². The van der Waals surface area contributed by atoms with E-state index in [0.29, 0.717) is 0 Å². The summed E-state index contributed by atoms with van der Waals surface area (Å²) in [5.41, 5.74) is 2.32. The summed E-state index contributed by atoms with van der Waals surface area (Å²) in [7, 11) is 0. The zero-order valence-corrected chi connectivity index (χ0v) is 8.81. The van der Waals surface area contributed by atoms with Crippen LogP contribution in [0.25, 0.3) is 0 Å². The van der Waals surface area contributed by atoms with Crippen molar-refractivity contribution >= 4 is 5.82 Å². The first-order valence-corrected chi connectivity index (χ1v) is 4.77. The van der Waals surface area contributed by atoms with Gasteiger partial charge in [-0.1, -0.05) is 6.92 Å². The number of aromatic nitrogens is 2. The maximum Gasteiger partial charge on any atom is 0.132 e. The lowest BCUT2D eigenvalue weighted by molar-refractivity contribution is 0.922. The molecule has 1 N–H and O–H groups in total. The molecular formula is C10H17N3. The van der Waals surface area contributed by atoms with E-state index in [0.717, 1.165) is 30.3 Å². The summed E-state index contributed by atoms with van der Waals surface area (Å²) >= 11 is 0. The van der Waals surface area contributed by atoms with E-state index in [1.807, 2.05) is 6.92 Å². The predicted octanol–water partition coefficient (Wildman–Crippen LogP) is 2.09. The molecule has 3 nitrogen and oxygen atoms in total. The zero-order valence-electron chi connectivity index (χ0n) is 8.81. The Balaban J connectivity index is 3.11. The summed E-state index contributed by atoms with van der Waals surface area (Å²) in [4.78, 5) is 8.73. The van der Waals surface area contributed by atoms with Crippen LogP contribution in [0, 0.1) is 13.8 Å². The van der Waals surface area contributed by atoms with Crippen molar-refractivity contribution in [1.29, 1.82) is 0 Å². The van der Waals surface area contributed by atoms with Crippen LogP contribution in [-0.2, 0) is 6.42 Å². The molecule has 1 rings (SSSR count). The van der Waals surface area contributed by atoms with Gasteiger partial charge in [0.15, 0.2) is 0 Å². The highest BCUT2D eigenvalue weighted by Gasteiger charge is 2.05. The number of hydrogen-bond acceptors (Lipinski definition) is 3. The molecule has 1 heterocycles. The van der Waals surface area contributed by atoms with Crippen LogP contribution in [0.3, 0.4) is 0 Å². The first-order valence-electron chi connectivity index (χ1n) is 4.77. The van der Waals surface area contributed by atoms with Crippen LogP contribution in [0.2, 0.25) is 0 Å². The average Bonchev–Trinajstić information content (AvgIpc) is 2.11. The number of aryl methyl sites for hydroxylation is 2. The van der Waals surface area contributed by atoms with Gasteiger partial charge in [0.1, 0.15) is 11.6 Å². The number of nitrogens with zero attached hydrogens (tertiary/aromatic N) is 2. The second-order valence-electron chi connectivity index (χ2n) is 3.08. The average molecular weight is 179 g/mol. The van der Waals surface area contributed by atoms with Gasteiger partial charge in [0.05, 0.1) is 0 Å². The van der Waals surface area contributed by atoms with Gasteiger partial charge in [-0.05, 0) is 27.2 Å². The highest BCUT2D eigenvalue weighted by Crippen LogP contribution is 2.15. The third kappa shape index (κ3) is 2.17. The van der Waals surface area contributed by atoms with Crippen LogP contribution < -0.4 is 5.32 Å². The van der Waals surface area contributed by atoms with Crippen LogP contribution in [-0.4, -0.2) is 16.5 Å². The third-order valence-electron chi connectivity index (χ3n) is 2.04. The van der Waals surface area contributed by atoms with Crippen molar-refractivity contribution in [3.63, 3.8) is 0 Å². The Labute approximate surface area is 79.6 Å². The molecule has 0 saturated heterocycles. The van der Waals surface area contributed by atoms with E-state index in [-0.39, 0.29) is 0 Å². The minimum absolute atomic E-state index is 0.846. The van der Waals surface area contributed by atoms with E-state index in [4.69, 9.17) is 0 Å². The van der Waals surface area contributed by atoms with Crippen molar-refractivity contribution < 1.29 is 0 Å². The molecule has 0 amide bonds. The van der Waals surface area contributed by atoms with Crippen LogP contribution in [0.15, 0.2) is 0 Å². The number of anilines is 1. The molecule has 13 heavy (non-hydrogen) atoms. The highest BCUT2D eigenvalue weighted by atomic mass is 15.0. The first kappa shape index (κ1) is 9.96. The first-order chi connectivity index (χ1) is 6.19. The smallest absolute Gasteiger partial charge is 0.132 e. The molecule has 0 aliphatic rings. The summed E-state index contributed by atoms with van der Waals surface area (Å²) in [6, 6.07) is 0. The van der Waals surface area contributed by atoms with Gasteiger partial charge >= 0.3 is 0 Å². The fourth-order valence-corrected chi connectivity index (χ4v) is 1.37. The molecule has 1 aromatic heterocycles. The standard InChI is InChI=1S/C10H17N3/c1-5-9-7(3)10(11-6-2)13-8(4)12-9/h5-6H2,1-4H3,(H,11,12,13). The number of rotatable bonds is 3. The van der Waals surface area contributed by atoms with Crippen molar-refractivity contribution in [2.45, 2.75) is 34.1 Å². The van der Waals surface area contributed by atoms with E-state index >= 15 is 0 Å². The second kappa shape index (κ2) is 4.21. The minimum Gasteiger partial charge on any atom is -0.370 e. The second-order valence-corrected chi connectivity index (χ2v) is 3.08. The van der Waals surface area contributed by atoms with E-state index in [2.05, 4.69) is 36.1 Å². The molecule has 0 unspecified atom stereocenters.